The maximum atomic E-state index is 10.6. The highest BCUT2D eigenvalue weighted by atomic mass is 16.1. The summed E-state index contributed by atoms with van der Waals surface area (Å²) in [6.07, 6.45) is 2.00. The molecule has 1 aromatic carbocycles. The van der Waals surface area contributed by atoms with Crippen LogP contribution in [0.1, 0.15) is 18.4 Å². The van der Waals surface area contributed by atoms with Gasteiger partial charge in [-0.05, 0) is 18.4 Å². The van der Waals surface area contributed by atoms with E-state index in [-0.39, 0.29) is 5.78 Å². The van der Waals surface area contributed by atoms with Crippen LogP contribution >= 0.6 is 0 Å². The summed E-state index contributed by atoms with van der Waals surface area (Å²) >= 11 is 0. The van der Waals surface area contributed by atoms with Gasteiger partial charge in [-0.15, -0.1) is 0 Å². The summed E-state index contributed by atoms with van der Waals surface area (Å²) in [6, 6.07) is 11.6. The molecule has 0 aliphatic heterocycles. The molecule has 0 N–H and O–H groups in total. The lowest BCUT2D eigenvalue weighted by Gasteiger charge is -1.97. The molecule has 13 heavy (non-hydrogen) atoms. The molecule has 0 heterocycles. The first-order valence-corrected chi connectivity index (χ1v) is 4.30. The fraction of sp³-hybridized carbons (Fsp3) is 0.273. The Labute approximate surface area is 77.8 Å². The average molecular weight is 173 g/mol. The van der Waals surface area contributed by atoms with E-state index in [1.54, 1.807) is 6.07 Å². The molecule has 66 valence electrons. The molecule has 0 fully saturated rings. The molecular weight excluding hydrogens is 162 g/mol. The molecule has 0 saturated carbocycles. The first-order valence-electron chi connectivity index (χ1n) is 4.30. The van der Waals surface area contributed by atoms with Crippen molar-refractivity contribution >= 4 is 5.78 Å². The number of ketones is 1. The largest absolute Gasteiger partial charge is 0.283 e. The second-order valence-electron chi connectivity index (χ2n) is 2.87. The number of aryl methyl sites for hydroxylation is 1. The number of nitriles is 1. The summed E-state index contributed by atoms with van der Waals surface area (Å²) in [7, 11) is 0. The van der Waals surface area contributed by atoms with E-state index in [1.807, 2.05) is 30.3 Å². The predicted octanol–water partition coefficient (Wildman–Crippen LogP) is 2.10. The van der Waals surface area contributed by atoms with Crippen LogP contribution in [0.2, 0.25) is 0 Å². The fourth-order valence-corrected chi connectivity index (χ4v) is 1.15. The van der Waals surface area contributed by atoms with Gasteiger partial charge in [0.25, 0.3) is 0 Å². The third-order valence-electron chi connectivity index (χ3n) is 1.84. The number of benzene rings is 1. The Bertz CT molecular complexity index is 311. The van der Waals surface area contributed by atoms with Gasteiger partial charge >= 0.3 is 0 Å². The van der Waals surface area contributed by atoms with Gasteiger partial charge in [0.2, 0.25) is 5.78 Å². The summed E-state index contributed by atoms with van der Waals surface area (Å²) in [5.41, 5.74) is 1.22. The smallest absolute Gasteiger partial charge is 0.231 e. The van der Waals surface area contributed by atoms with Crippen molar-refractivity contribution in [1.29, 1.82) is 5.26 Å². The van der Waals surface area contributed by atoms with E-state index in [4.69, 9.17) is 5.26 Å². The lowest BCUT2D eigenvalue weighted by atomic mass is 10.1. The van der Waals surface area contributed by atoms with Crippen molar-refractivity contribution in [3.63, 3.8) is 0 Å². The molecule has 0 radical (unpaired) electrons. The average Bonchev–Trinajstić information content (AvgIpc) is 2.19. The van der Waals surface area contributed by atoms with Gasteiger partial charge in [0, 0.05) is 6.42 Å². The zero-order valence-electron chi connectivity index (χ0n) is 7.36. The second kappa shape index (κ2) is 5.10. The Morgan fingerprint density at radius 3 is 2.62 bits per heavy atom. The van der Waals surface area contributed by atoms with Crippen molar-refractivity contribution in [2.75, 3.05) is 0 Å². The standard InChI is InChI=1S/C11H11NO/c12-9-11(13)8-4-7-10-5-2-1-3-6-10/h1-3,5-6H,4,7-8H2. The number of hydrogen-bond donors (Lipinski definition) is 0. The van der Waals surface area contributed by atoms with Crippen LogP contribution in [-0.2, 0) is 11.2 Å². The monoisotopic (exact) mass is 173 g/mol. The first-order chi connectivity index (χ1) is 6.33. The number of hydrogen-bond acceptors (Lipinski definition) is 2. The minimum Gasteiger partial charge on any atom is -0.283 e. The van der Waals surface area contributed by atoms with E-state index in [1.165, 1.54) is 5.56 Å². The molecule has 1 rings (SSSR count). The Morgan fingerprint density at radius 2 is 2.00 bits per heavy atom. The second-order valence-corrected chi connectivity index (χ2v) is 2.87. The number of nitrogens with zero attached hydrogens (tertiary/aromatic N) is 1. The van der Waals surface area contributed by atoms with E-state index in [0.717, 1.165) is 12.8 Å². The van der Waals surface area contributed by atoms with Gasteiger partial charge < -0.3 is 0 Å². The fourth-order valence-electron chi connectivity index (χ4n) is 1.15. The van der Waals surface area contributed by atoms with Gasteiger partial charge in [-0.2, -0.15) is 5.26 Å². The molecule has 0 aliphatic carbocycles. The van der Waals surface area contributed by atoms with Gasteiger partial charge in [-0.3, -0.25) is 4.79 Å². The topological polar surface area (TPSA) is 40.9 Å². The highest BCUT2D eigenvalue weighted by Crippen LogP contribution is 2.04. The first kappa shape index (κ1) is 9.47. The van der Waals surface area contributed by atoms with Crippen LogP contribution in [0.4, 0.5) is 0 Å². The van der Waals surface area contributed by atoms with Crippen LogP contribution in [0.3, 0.4) is 0 Å². The Kier molecular flexibility index (Phi) is 3.72. The van der Waals surface area contributed by atoms with Gasteiger partial charge in [0.05, 0.1) is 0 Å². The maximum absolute atomic E-state index is 10.6. The molecule has 0 saturated heterocycles. The summed E-state index contributed by atoms with van der Waals surface area (Å²) in [5, 5.41) is 8.23. The van der Waals surface area contributed by atoms with Crippen molar-refractivity contribution in [1.82, 2.24) is 0 Å². The summed E-state index contributed by atoms with van der Waals surface area (Å²) in [5.74, 6) is -0.323. The molecule has 0 spiro atoms. The SMILES string of the molecule is N#CC(=O)CCCc1ccccc1. The van der Waals surface area contributed by atoms with Crippen LogP contribution in [0, 0.1) is 11.3 Å². The zero-order valence-corrected chi connectivity index (χ0v) is 7.36. The number of carbonyl (C=O) groups is 1. The van der Waals surface area contributed by atoms with Gasteiger partial charge in [0.1, 0.15) is 6.07 Å². The van der Waals surface area contributed by atoms with Crippen molar-refractivity contribution in [3.8, 4) is 6.07 Å². The van der Waals surface area contributed by atoms with Crippen LogP contribution in [0.25, 0.3) is 0 Å². The molecule has 0 aromatic heterocycles. The van der Waals surface area contributed by atoms with E-state index < -0.39 is 0 Å². The van der Waals surface area contributed by atoms with Crippen molar-refractivity contribution in [2.45, 2.75) is 19.3 Å². The van der Waals surface area contributed by atoms with Gasteiger partial charge in [-0.25, -0.2) is 0 Å². The van der Waals surface area contributed by atoms with Crippen molar-refractivity contribution < 1.29 is 4.79 Å². The molecular formula is C11H11NO. The highest BCUT2D eigenvalue weighted by Gasteiger charge is 1.98. The Balaban J connectivity index is 2.29. The van der Waals surface area contributed by atoms with E-state index >= 15 is 0 Å². The zero-order chi connectivity index (χ0) is 9.52. The van der Waals surface area contributed by atoms with E-state index in [2.05, 4.69) is 0 Å². The number of carbonyl (C=O) groups excluding carboxylic acids is 1. The van der Waals surface area contributed by atoms with Crippen LogP contribution in [-0.4, -0.2) is 5.78 Å². The Morgan fingerprint density at radius 1 is 1.31 bits per heavy atom. The third kappa shape index (κ3) is 3.53. The van der Waals surface area contributed by atoms with Gasteiger partial charge in [-0.1, -0.05) is 30.3 Å². The molecule has 0 aliphatic rings. The molecule has 1 aromatic rings. The summed E-state index contributed by atoms with van der Waals surface area (Å²) in [4.78, 5) is 10.6. The Hall–Kier alpha value is -1.62. The highest BCUT2D eigenvalue weighted by molar-refractivity contribution is 5.93. The molecule has 2 nitrogen and oxygen atoms in total. The van der Waals surface area contributed by atoms with Crippen LogP contribution in [0.15, 0.2) is 30.3 Å². The molecule has 0 unspecified atom stereocenters. The molecule has 0 bridgehead atoms. The van der Waals surface area contributed by atoms with Crippen molar-refractivity contribution in [3.05, 3.63) is 35.9 Å². The molecule has 2 heteroatoms. The summed E-state index contributed by atoms with van der Waals surface area (Å²) < 4.78 is 0. The minimum atomic E-state index is -0.323. The molecule has 0 atom stereocenters. The quantitative estimate of drug-likeness (QED) is 0.654. The van der Waals surface area contributed by atoms with Crippen molar-refractivity contribution in [2.24, 2.45) is 0 Å². The minimum absolute atomic E-state index is 0.323. The number of Topliss-reactive ketones (excluding diaryl/α,β-unsaturated/α-hetero) is 1. The molecule has 0 amide bonds. The predicted molar refractivity (Wildman–Crippen MR) is 50.0 cm³/mol. The lowest BCUT2D eigenvalue weighted by Crippen LogP contribution is -1.94. The van der Waals surface area contributed by atoms with E-state index in [9.17, 15) is 4.79 Å². The van der Waals surface area contributed by atoms with E-state index in [0.29, 0.717) is 6.42 Å². The summed E-state index contributed by atoms with van der Waals surface area (Å²) in [6.45, 7) is 0. The third-order valence-corrected chi connectivity index (χ3v) is 1.84. The van der Waals surface area contributed by atoms with Crippen LogP contribution < -0.4 is 0 Å². The lowest BCUT2D eigenvalue weighted by molar-refractivity contribution is -0.114. The van der Waals surface area contributed by atoms with Crippen LogP contribution in [0.5, 0.6) is 0 Å². The van der Waals surface area contributed by atoms with Gasteiger partial charge in [0.15, 0.2) is 0 Å². The number of rotatable bonds is 4. The maximum Gasteiger partial charge on any atom is 0.231 e. The normalized spacial score (nSPS) is 9.15.